The van der Waals surface area contributed by atoms with Crippen LogP contribution >= 0.6 is 16.8 Å². The van der Waals surface area contributed by atoms with Crippen molar-refractivity contribution < 1.29 is 4.74 Å². The van der Waals surface area contributed by atoms with Gasteiger partial charge in [0.25, 0.3) is 0 Å². The summed E-state index contributed by atoms with van der Waals surface area (Å²) in [4.78, 5) is 0. The minimum absolute atomic E-state index is 0.206. The van der Waals surface area contributed by atoms with Gasteiger partial charge in [-0.3, -0.25) is 0 Å². The number of allylic oxidation sites excluding steroid dienone is 7. The zero-order valence-corrected chi connectivity index (χ0v) is 23.3. The van der Waals surface area contributed by atoms with Crippen LogP contribution in [0, 0.1) is 0 Å². The molecule has 1 aliphatic heterocycles. The highest BCUT2D eigenvalue weighted by molar-refractivity contribution is 7.73. The molecule has 0 N–H and O–H groups in total. The second-order valence-corrected chi connectivity index (χ2v) is 13.0. The van der Waals surface area contributed by atoms with Crippen molar-refractivity contribution in [1.29, 1.82) is 0 Å². The first-order chi connectivity index (χ1) is 17.5. The number of para-hydroxylation sites is 1. The van der Waals surface area contributed by atoms with Gasteiger partial charge in [0.05, 0.1) is 0 Å². The molecule has 3 unspecified atom stereocenters. The lowest BCUT2D eigenvalue weighted by molar-refractivity contribution is 0.474. The van der Waals surface area contributed by atoms with Gasteiger partial charge in [0.15, 0.2) is 0 Å². The van der Waals surface area contributed by atoms with Gasteiger partial charge in [-0.05, 0) is 25.1 Å². The van der Waals surface area contributed by atoms with Crippen molar-refractivity contribution in [1.82, 2.24) is 0 Å². The molecule has 182 valence electrons. The van der Waals surface area contributed by atoms with Crippen molar-refractivity contribution in [3.63, 3.8) is 0 Å². The largest absolute Gasteiger partial charge is 0.456 e. The maximum Gasteiger partial charge on any atom is 0.135 e. The standard InChI is InChI=1S/C33H34OP2/c1-4-5-21-29-32(36(24-15-8-6-9-16-24)25-17-10-7-11-18-25)34-31-27(26-19-12-13-23-30(26)35)20-14-22-28(31)33(29,2)3/h4-23,26,30,36H,35H2,1-3H3/b5-4-,29-21+. The highest BCUT2D eigenvalue weighted by Gasteiger charge is 2.40. The molecule has 3 aromatic rings. The van der Waals surface area contributed by atoms with Gasteiger partial charge in [0.2, 0.25) is 0 Å². The molecule has 5 rings (SSSR count). The average Bonchev–Trinajstić information content (AvgIpc) is 2.90. The molecule has 36 heavy (non-hydrogen) atoms. The lowest BCUT2D eigenvalue weighted by Crippen LogP contribution is -2.36. The molecule has 1 heterocycles. The highest BCUT2D eigenvalue weighted by Crippen LogP contribution is 2.50. The molecule has 0 spiro atoms. The number of benzene rings is 3. The first-order valence-corrected chi connectivity index (χ1v) is 14.8. The second-order valence-electron chi connectivity index (χ2n) is 9.87. The topological polar surface area (TPSA) is 9.23 Å². The van der Waals surface area contributed by atoms with E-state index >= 15 is 0 Å². The van der Waals surface area contributed by atoms with Crippen molar-refractivity contribution in [2.24, 2.45) is 0 Å². The van der Waals surface area contributed by atoms with Crippen LogP contribution in [0.5, 0.6) is 5.75 Å². The molecular weight excluding hydrogens is 474 g/mol. The Morgan fingerprint density at radius 3 is 2.08 bits per heavy atom. The third kappa shape index (κ3) is 4.64. The summed E-state index contributed by atoms with van der Waals surface area (Å²) in [5.74, 6) is 1.29. The number of hydrogen-bond acceptors (Lipinski definition) is 1. The van der Waals surface area contributed by atoms with Gasteiger partial charge in [0, 0.05) is 33.7 Å². The van der Waals surface area contributed by atoms with Crippen LogP contribution in [0.2, 0.25) is 0 Å². The van der Waals surface area contributed by atoms with Gasteiger partial charge >= 0.3 is 0 Å². The quantitative estimate of drug-likeness (QED) is 0.336. The fourth-order valence-corrected chi connectivity index (χ4v) is 8.49. The van der Waals surface area contributed by atoms with Crippen LogP contribution in [-0.4, -0.2) is 11.1 Å². The van der Waals surface area contributed by atoms with E-state index in [0.29, 0.717) is 5.66 Å². The molecule has 0 radical (unpaired) electrons. The lowest BCUT2D eigenvalue weighted by Gasteiger charge is -2.40. The molecule has 3 heteroatoms. The third-order valence-electron chi connectivity index (χ3n) is 7.18. The van der Waals surface area contributed by atoms with Crippen LogP contribution in [-0.2, 0) is 5.41 Å². The van der Waals surface area contributed by atoms with Crippen LogP contribution in [0.3, 0.4) is 0 Å². The summed E-state index contributed by atoms with van der Waals surface area (Å²) < 4.78 is 7.17. The Bertz CT molecular complexity index is 1350. The van der Waals surface area contributed by atoms with Gasteiger partial charge in [-0.2, -0.15) is 0 Å². The smallest absolute Gasteiger partial charge is 0.135 e. The summed E-state index contributed by atoms with van der Waals surface area (Å²) in [6.07, 6.45) is 15.4. The lowest BCUT2D eigenvalue weighted by atomic mass is 9.74. The normalized spacial score (nSPS) is 21.7. The minimum atomic E-state index is -1.40. The van der Waals surface area contributed by atoms with E-state index in [-0.39, 0.29) is 11.3 Å². The minimum Gasteiger partial charge on any atom is -0.456 e. The summed E-state index contributed by atoms with van der Waals surface area (Å²) in [7, 11) is 1.61. The first kappa shape index (κ1) is 24.8. The van der Waals surface area contributed by atoms with Crippen molar-refractivity contribution in [3.8, 4) is 5.75 Å². The van der Waals surface area contributed by atoms with Crippen molar-refractivity contribution in [2.75, 3.05) is 0 Å². The Labute approximate surface area is 218 Å². The molecule has 0 saturated heterocycles. The van der Waals surface area contributed by atoms with E-state index in [4.69, 9.17) is 4.74 Å². The van der Waals surface area contributed by atoms with E-state index in [1.54, 1.807) is 0 Å². The Hall–Kier alpha value is -2.85. The summed E-state index contributed by atoms with van der Waals surface area (Å²) in [5.41, 5.74) is 5.00. The van der Waals surface area contributed by atoms with Gasteiger partial charge in [-0.15, -0.1) is 9.24 Å². The molecule has 1 aliphatic carbocycles. The van der Waals surface area contributed by atoms with Crippen molar-refractivity contribution in [3.05, 3.63) is 138 Å². The molecule has 0 fully saturated rings. The molecular formula is C33H34OP2. The molecule has 0 saturated carbocycles. The molecule has 0 amide bonds. The molecule has 0 aromatic heterocycles. The van der Waals surface area contributed by atoms with Crippen LogP contribution in [0.15, 0.2) is 127 Å². The van der Waals surface area contributed by atoms with E-state index in [1.807, 2.05) is 0 Å². The predicted octanol–water partition coefficient (Wildman–Crippen LogP) is 7.31. The Morgan fingerprint density at radius 2 is 1.47 bits per heavy atom. The van der Waals surface area contributed by atoms with E-state index in [0.717, 1.165) is 11.2 Å². The highest BCUT2D eigenvalue weighted by atomic mass is 31.1. The third-order valence-corrected chi connectivity index (χ3v) is 10.5. The summed E-state index contributed by atoms with van der Waals surface area (Å²) in [6.45, 7) is 6.76. The van der Waals surface area contributed by atoms with Crippen LogP contribution < -0.4 is 15.3 Å². The summed E-state index contributed by atoms with van der Waals surface area (Å²) in [6, 6.07) is 28.5. The molecule has 3 atom stereocenters. The molecule has 0 bridgehead atoms. The Morgan fingerprint density at radius 1 is 0.833 bits per heavy atom. The fourth-order valence-electron chi connectivity index (χ4n) is 5.25. The van der Waals surface area contributed by atoms with Crippen LogP contribution in [0.25, 0.3) is 0 Å². The van der Waals surface area contributed by atoms with Crippen LogP contribution in [0.4, 0.5) is 0 Å². The Kier molecular flexibility index (Phi) is 7.34. The predicted molar refractivity (Wildman–Crippen MR) is 163 cm³/mol. The molecule has 2 aliphatic rings. The zero-order valence-electron chi connectivity index (χ0n) is 21.2. The summed E-state index contributed by atoms with van der Waals surface area (Å²) in [5, 5.41) is 2.66. The number of ether oxygens (including phenoxy) is 1. The van der Waals surface area contributed by atoms with Crippen LogP contribution in [0.1, 0.15) is 37.8 Å². The van der Waals surface area contributed by atoms with Crippen molar-refractivity contribution >= 4 is 32.9 Å². The maximum absolute atomic E-state index is 7.17. The maximum atomic E-state index is 7.17. The van der Waals surface area contributed by atoms with E-state index in [1.165, 1.54) is 27.3 Å². The molecule has 3 aromatic carbocycles. The first-order valence-electron chi connectivity index (χ1n) is 12.6. The number of hydrogen-bond donors (Lipinski definition) is 0. The Balaban J connectivity index is 1.83. The van der Waals surface area contributed by atoms with E-state index in [9.17, 15) is 0 Å². The fraction of sp³-hybridized carbons (Fsp3) is 0.182. The van der Waals surface area contributed by atoms with Gasteiger partial charge in [0.1, 0.15) is 11.2 Å². The second kappa shape index (κ2) is 10.6. The average molecular weight is 509 g/mol. The monoisotopic (exact) mass is 508 g/mol. The number of fused-ring (bicyclic) bond motifs is 1. The number of rotatable bonds is 4. The van der Waals surface area contributed by atoms with E-state index < -0.39 is 7.55 Å². The summed E-state index contributed by atoms with van der Waals surface area (Å²) >= 11 is 0. The van der Waals surface area contributed by atoms with Gasteiger partial charge < -0.3 is 4.74 Å². The van der Waals surface area contributed by atoms with Crippen molar-refractivity contribution in [2.45, 2.75) is 37.8 Å². The van der Waals surface area contributed by atoms with Gasteiger partial charge in [-0.1, -0.05) is 135 Å². The zero-order chi connectivity index (χ0) is 25.1. The van der Waals surface area contributed by atoms with E-state index in [2.05, 4.69) is 151 Å². The SMILES string of the molecule is C/C=C\C=C1/C(=[PH](c2ccccc2)c2ccccc2)Oc2c(C3C=CC=CC3P)cccc2C1(C)C. The molecule has 1 nitrogen and oxygen atoms in total. The van der Waals surface area contributed by atoms with Gasteiger partial charge in [-0.25, -0.2) is 0 Å².